The number of anilines is 1. The Bertz CT molecular complexity index is 363. The zero-order valence-corrected chi connectivity index (χ0v) is 11.5. The number of ether oxygens (including phenoxy) is 1. The second kappa shape index (κ2) is 4.66. The smallest absolute Gasteiger partial charge is 0.142 e. The van der Waals surface area contributed by atoms with E-state index in [1.54, 1.807) is 7.11 Å². The van der Waals surface area contributed by atoms with Crippen LogP contribution in [0.4, 0.5) is 5.69 Å². The van der Waals surface area contributed by atoms with Gasteiger partial charge < -0.3 is 9.64 Å². The summed E-state index contributed by atoms with van der Waals surface area (Å²) in [6.07, 6.45) is 2.66. The highest BCUT2D eigenvalue weighted by Crippen LogP contribution is 2.48. The number of hydrogen-bond donors (Lipinski definition) is 0. The molecular formula is C13H18BrNO. The first-order valence-electron chi connectivity index (χ1n) is 5.61. The molecular weight excluding hydrogens is 266 g/mol. The van der Waals surface area contributed by atoms with Crippen molar-refractivity contribution in [2.24, 2.45) is 5.41 Å². The molecule has 2 nitrogen and oxygen atoms in total. The van der Waals surface area contributed by atoms with Gasteiger partial charge in [-0.05, 0) is 30.4 Å². The lowest BCUT2D eigenvalue weighted by Crippen LogP contribution is -2.27. The first-order valence-corrected chi connectivity index (χ1v) is 6.73. The van der Waals surface area contributed by atoms with Crippen LogP contribution >= 0.6 is 15.9 Å². The summed E-state index contributed by atoms with van der Waals surface area (Å²) in [5.74, 6) is 0.954. The molecule has 0 atom stereocenters. The van der Waals surface area contributed by atoms with Crippen molar-refractivity contribution in [2.45, 2.75) is 12.8 Å². The molecule has 1 fully saturated rings. The maximum atomic E-state index is 5.38. The second-order valence-electron chi connectivity index (χ2n) is 4.66. The largest absolute Gasteiger partial charge is 0.495 e. The van der Waals surface area contributed by atoms with Gasteiger partial charge in [0.05, 0.1) is 12.8 Å². The molecule has 0 radical (unpaired) electrons. The van der Waals surface area contributed by atoms with Crippen LogP contribution < -0.4 is 9.64 Å². The average Bonchev–Trinajstić information content (AvgIpc) is 3.09. The van der Waals surface area contributed by atoms with Gasteiger partial charge in [0.25, 0.3) is 0 Å². The Morgan fingerprint density at radius 3 is 2.62 bits per heavy atom. The van der Waals surface area contributed by atoms with Crippen LogP contribution in [0.1, 0.15) is 12.8 Å². The van der Waals surface area contributed by atoms with Gasteiger partial charge in [-0.25, -0.2) is 0 Å². The highest BCUT2D eigenvalue weighted by atomic mass is 79.9. The van der Waals surface area contributed by atoms with Gasteiger partial charge in [-0.15, -0.1) is 0 Å². The van der Waals surface area contributed by atoms with Gasteiger partial charge in [-0.3, -0.25) is 0 Å². The van der Waals surface area contributed by atoms with Crippen LogP contribution in [0.5, 0.6) is 5.75 Å². The Hall–Kier alpha value is -0.700. The third-order valence-corrected chi connectivity index (χ3v) is 4.50. The topological polar surface area (TPSA) is 12.5 Å². The molecule has 0 spiro atoms. The molecule has 1 saturated carbocycles. The molecule has 0 amide bonds. The third kappa shape index (κ3) is 2.34. The number of para-hydroxylation sites is 2. The number of halogens is 1. The van der Waals surface area contributed by atoms with Crippen molar-refractivity contribution in [3.63, 3.8) is 0 Å². The molecule has 0 heterocycles. The first-order chi connectivity index (χ1) is 7.71. The molecule has 2 rings (SSSR count). The minimum atomic E-state index is 0.496. The molecule has 0 N–H and O–H groups in total. The van der Waals surface area contributed by atoms with E-state index in [2.05, 4.69) is 40.0 Å². The lowest BCUT2D eigenvalue weighted by atomic mass is 10.1. The summed E-state index contributed by atoms with van der Waals surface area (Å²) in [6.45, 7) is 1.10. The van der Waals surface area contributed by atoms with E-state index in [0.29, 0.717) is 5.41 Å². The van der Waals surface area contributed by atoms with E-state index in [0.717, 1.165) is 17.6 Å². The number of hydrogen-bond acceptors (Lipinski definition) is 2. The first kappa shape index (κ1) is 11.8. The van der Waals surface area contributed by atoms with E-state index < -0.39 is 0 Å². The zero-order chi connectivity index (χ0) is 11.6. The van der Waals surface area contributed by atoms with Crippen LogP contribution in [0.15, 0.2) is 24.3 Å². The van der Waals surface area contributed by atoms with Crippen LogP contribution in [0, 0.1) is 5.41 Å². The Labute approximate surface area is 106 Å². The van der Waals surface area contributed by atoms with Crippen LogP contribution in [-0.2, 0) is 0 Å². The molecule has 0 saturated heterocycles. The average molecular weight is 284 g/mol. The lowest BCUT2D eigenvalue weighted by molar-refractivity contribution is 0.414. The quantitative estimate of drug-likeness (QED) is 0.769. The molecule has 0 bridgehead atoms. The Balaban J connectivity index is 2.11. The van der Waals surface area contributed by atoms with Crippen molar-refractivity contribution in [3.8, 4) is 5.75 Å². The number of nitrogens with zero attached hydrogens (tertiary/aromatic N) is 1. The molecule has 1 aromatic rings. The molecule has 0 aromatic heterocycles. The van der Waals surface area contributed by atoms with E-state index in [-0.39, 0.29) is 0 Å². The van der Waals surface area contributed by atoms with E-state index in [1.165, 1.54) is 18.5 Å². The summed E-state index contributed by atoms with van der Waals surface area (Å²) in [5, 5.41) is 1.10. The van der Waals surface area contributed by atoms with Crippen LogP contribution in [0.2, 0.25) is 0 Å². The molecule has 3 heteroatoms. The second-order valence-corrected chi connectivity index (χ2v) is 5.22. The molecule has 1 aromatic carbocycles. The van der Waals surface area contributed by atoms with E-state index in [9.17, 15) is 0 Å². The van der Waals surface area contributed by atoms with Gasteiger partial charge in [-0.1, -0.05) is 28.1 Å². The molecule has 88 valence electrons. The number of benzene rings is 1. The van der Waals surface area contributed by atoms with Crippen molar-refractivity contribution in [1.29, 1.82) is 0 Å². The third-order valence-electron chi connectivity index (χ3n) is 3.31. The van der Waals surface area contributed by atoms with Gasteiger partial charge in [-0.2, -0.15) is 0 Å². The fourth-order valence-electron chi connectivity index (χ4n) is 2.04. The molecule has 0 aliphatic heterocycles. The fraction of sp³-hybridized carbons (Fsp3) is 0.538. The number of alkyl halides is 1. The summed E-state index contributed by atoms with van der Waals surface area (Å²) in [6, 6.07) is 8.19. The fourth-order valence-corrected chi connectivity index (χ4v) is 2.78. The van der Waals surface area contributed by atoms with Gasteiger partial charge in [0.2, 0.25) is 0 Å². The summed E-state index contributed by atoms with van der Waals surface area (Å²) in [4.78, 5) is 2.30. The van der Waals surface area contributed by atoms with Crippen molar-refractivity contribution in [2.75, 3.05) is 30.9 Å². The van der Waals surface area contributed by atoms with E-state index in [1.807, 2.05) is 12.1 Å². The molecule has 1 aliphatic rings. The summed E-state index contributed by atoms with van der Waals surface area (Å²) >= 11 is 3.61. The summed E-state index contributed by atoms with van der Waals surface area (Å²) < 4.78 is 5.38. The van der Waals surface area contributed by atoms with Gasteiger partial charge in [0.1, 0.15) is 5.75 Å². The van der Waals surface area contributed by atoms with Crippen molar-refractivity contribution < 1.29 is 4.74 Å². The van der Waals surface area contributed by atoms with E-state index >= 15 is 0 Å². The Kier molecular flexibility index (Phi) is 3.43. The SMILES string of the molecule is COc1ccccc1N(C)CC1(CBr)CC1. The van der Waals surface area contributed by atoms with Gasteiger partial charge in [0, 0.05) is 18.9 Å². The Morgan fingerprint density at radius 1 is 1.38 bits per heavy atom. The van der Waals surface area contributed by atoms with Crippen molar-refractivity contribution in [3.05, 3.63) is 24.3 Å². The minimum Gasteiger partial charge on any atom is -0.495 e. The lowest BCUT2D eigenvalue weighted by Gasteiger charge is -2.25. The zero-order valence-electron chi connectivity index (χ0n) is 9.87. The van der Waals surface area contributed by atoms with Crippen LogP contribution in [0.3, 0.4) is 0 Å². The number of rotatable bonds is 5. The molecule has 0 unspecified atom stereocenters. The Morgan fingerprint density at radius 2 is 2.06 bits per heavy atom. The molecule has 1 aliphatic carbocycles. The minimum absolute atomic E-state index is 0.496. The van der Waals surface area contributed by atoms with E-state index in [4.69, 9.17) is 4.74 Å². The highest BCUT2D eigenvalue weighted by Gasteiger charge is 2.42. The maximum Gasteiger partial charge on any atom is 0.142 e. The summed E-state index contributed by atoms with van der Waals surface area (Å²) in [7, 11) is 3.87. The van der Waals surface area contributed by atoms with Crippen molar-refractivity contribution >= 4 is 21.6 Å². The summed E-state index contributed by atoms with van der Waals surface area (Å²) in [5.41, 5.74) is 1.67. The van der Waals surface area contributed by atoms with Crippen molar-refractivity contribution in [1.82, 2.24) is 0 Å². The standard InChI is InChI=1S/C13H18BrNO/c1-15(10-13(9-14)7-8-13)11-5-3-4-6-12(11)16-2/h3-6H,7-10H2,1-2H3. The number of methoxy groups -OCH3 is 1. The van der Waals surface area contributed by atoms with Gasteiger partial charge in [0.15, 0.2) is 0 Å². The molecule has 16 heavy (non-hydrogen) atoms. The van der Waals surface area contributed by atoms with Crippen LogP contribution in [0.25, 0.3) is 0 Å². The highest BCUT2D eigenvalue weighted by molar-refractivity contribution is 9.09. The predicted molar refractivity (Wildman–Crippen MR) is 71.7 cm³/mol. The normalized spacial score (nSPS) is 16.9. The van der Waals surface area contributed by atoms with Crippen LogP contribution in [-0.4, -0.2) is 26.0 Å². The predicted octanol–water partition coefficient (Wildman–Crippen LogP) is 3.31. The maximum absolute atomic E-state index is 5.38. The monoisotopic (exact) mass is 283 g/mol. The van der Waals surface area contributed by atoms with Gasteiger partial charge >= 0.3 is 0 Å².